The number of unbranched alkanes of at least 4 members (excludes halogenated alkanes) is 64. The van der Waals surface area contributed by atoms with E-state index in [0.717, 1.165) is 44.9 Å². The molecule has 0 aromatic rings. The van der Waals surface area contributed by atoms with Crippen molar-refractivity contribution < 1.29 is 89.4 Å². The third-order valence-electron chi connectivity index (χ3n) is 24.3. The van der Waals surface area contributed by atoms with E-state index in [1.165, 1.54) is 372 Å². The summed E-state index contributed by atoms with van der Waals surface area (Å²) in [5, 5.41) is 121. The Bertz CT molecular complexity index is 2060. The van der Waals surface area contributed by atoms with Crippen molar-refractivity contribution >= 4 is 5.91 Å². The minimum absolute atomic E-state index is 0.251. The van der Waals surface area contributed by atoms with Gasteiger partial charge in [-0.05, 0) is 19.3 Å². The third-order valence-corrected chi connectivity index (χ3v) is 24.3. The molecular weight excluding hydrogens is 1420 g/mol. The Morgan fingerprint density at radius 1 is 0.312 bits per heavy atom. The molecule has 19 nitrogen and oxygen atoms in total. The highest BCUT2D eigenvalue weighted by Gasteiger charge is 2.54. The van der Waals surface area contributed by atoms with Gasteiger partial charge in [-0.25, -0.2) is 0 Å². The first-order valence-corrected chi connectivity index (χ1v) is 47.9. The molecule has 12 N–H and O–H groups in total. The van der Waals surface area contributed by atoms with Crippen molar-refractivity contribution in [3.05, 3.63) is 12.2 Å². The summed E-state index contributed by atoms with van der Waals surface area (Å²) in [6, 6.07) is -0.972. The number of aliphatic hydroxyl groups excluding tert-OH is 11. The molecule has 17 unspecified atom stereocenters. The Kier molecular flexibility index (Phi) is 68.7. The first-order chi connectivity index (χ1) is 54.8. The highest BCUT2D eigenvalue weighted by Crippen LogP contribution is 2.34. The molecule has 3 heterocycles. The molecular formula is C93H179NO18. The molecule has 3 aliphatic rings. The Hall–Kier alpha value is -1.47. The van der Waals surface area contributed by atoms with Crippen molar-refractivity contribution in [2.75, 3.05) is 26.4 Å². The van der Waals surface area contributed by atoms with Crippen LogP contribution >= 0.6 is 0 Å². The molecule has 0 bridgehead atoms. The number of carbonyl (C=O) groups is 1. The summed E-state index contributed by atoms with van der Waals surface area (Å²) < 4.78 is 34.6. The van der Waals surface area contributed by atoms with Gasteiger partial charge >= 0.3 is 0 Å². The van der Waals surface area contributed by atoms with E-state index < -0.39 is 124 Å². The monoisotopic (exact) mass is 1600 g/mol. The maximum absolute atomic E-state index is 13.5. The minimum atomic E-state index is -1.98. The van der Waals surface area contributed by atoms with E-state index in [0.29, 0.717) is 6.42 Å². The summed E-state index contributed by atoms with van der Waals surface area (Å²) >= 11 is 0. The lowest BCUT2D eigenvalue weighted by Gasteiger charge is -2.48. The summed E-state index contributed by atoms with van der Waals surface area (Å²) in [6.45, 7) is 1.83. The van der Waals surface area contributed by atoms with Gasteiger partial charge in [0.15, 0.2) is 18.9 Å². The molecule has 0 radical (unpaired) electrons. The van der Waals surface area contributed by atoms with Gasteiger partial charge in [-0.15, -0.1) is 0 Å². The SMILES string of the molecule is CCCCCCCCCCCCCCCCCCCCCCCCCCC/C=C/C(O)C(COC1OC(CO)C(OC2OC(CO)C(OC3OC(CO)C(O)C(O)C3O)C(O)C2O)C(O)C1O)NC(=O)CCCCCCCCCCCCCCCCCCCCCCCCCCCCCCCCCCCCCCCCCC. The first kappa shape index (κ1) is 105. The lowest BCUT2D eigenvalue weighted by molar-refractivity contribution is -0.379. The highest BCUT2D eigenvalue weighted by molar-refractivity contribution is 5.76. The molecule has 3 aliphatic heterocycles. The summed E-state index contributed by atoms with van der Waals surface area (Å²) in [7, 11) is 0. The number of ether oxygens (including phenoxy) is 6. The van der Waals surface area contributed by atoms with Crippen LogP contribution in [0.15, 0.2) is 12.2 Å². The van der Waals surface area contributed by atoms with Gasteiger partial charge in [0, 0.05) is 6.42 Å². The van der Waals surface area contributed by atoms with Crippen molar-refractivity contribution in [1.82, 2.24) is 5.32 Å². The molecule has 19 heteroatoms. The number of rotatable bonds is 80. The van der Waals surface area contributed by atoms with Crippen molar-refractivity contribution in [3.8, 4) is 0 Å². The molecule has 3 saturated heterocycles. The fraction of sp³-hybridized carbons (Fsp3) is 0.968. The molecule has 17 atom stereocenters. The molecule has 3 fully saturated rings. The number of nitrogens with one attached hydrogen (secondary N) is 1. The molecule has 112 heavy (non-hydrogen) atoms. The Morgan fingerprint density at radius 2 is 0.554 bits per heavy atom. The van der Waals surface area contributed by atoms with Gasteiger partial charge in [-0.2, -0.15) is 0 Å². The molecule has 0 saturated carbocycles. The predicted molar refractivity (Wildman–Crippen MR) is 453 cm³/mol. The van der Waals surface area contributed by atoms with Crippen LogP contribution in [0.4, 0.5) is 0 Å². The molecule has 3 rings (SSSR count). The van der Waals surface area contributed by atoms with Crippen LogP contribution in [0.2, 0.25) is 0 Å². The lowest BCUT2D eigenvalue weighted by atomic mass is 9.96. The molecule has 1 amide bonds. The second-order valence-corrected chi connectivity index (χ2v) is 34.6. The van der Waals surface area contributed by atoms with Crippen molar-refractivity contribution in [2.24, 2.45) is 0 Å². The molecule has 0 aromatic carbocycles. The fourth-order valence-electron chi connectivity index (χ4n) is 16.7. The van der Waals surface area contributed by atoms with Gasteiger partial charge in [-0.3, -0.25) is 4.79 Å². The van der Waals surface area contributed by atoms with Crippen molar-refractivity contribution in [1.29, 1.82) is 0 Å². The van der Waals surface area contributed by atoms with Gasteiger partial charge in [-0.1, -0.05) is 431 Å². The van der Waals surface area contributed by atoms with E-state index in [1.54, 1.807) is 6.08 Å². The third kappa shape index (κ3) is 51.2. The number of aliphatic hydroxyl groups is 11. The van der Waals surface area contributed by atoms with Gasteiger partial charge in [0.05, 0.1) is 38.6 Å². The zero-order valence-electron chi connectivity index (χ0n) is 72.0. The van der Waals surface area contributed by atoms with Crippen LogP contribution in [0.1, 0.15) is 444 Å². The number of allylic oxidation sites excluding steroid dienone is 1. The van der Waals surface area contributed by atoms with Crippen LogP contribution in [0.25, 0.3) is 0 Å². The highest BCUT2D eigenvalue weighted by atomic mass is 16.8. The second kappa shape index (κ2) is 73.5. The second-order valence-electron chi connectivity index (χ2n) is 34.6. The summed E-state index contributed by atoms with van der Waals surface area (Å²) in [5.74, 6) is -0.264. The van der Waals surface area contributed by atoms with Crippen LogP contribution in [0, 0.1) is 0 Å². The smallest absolute Gasteiger partial charge is 0.220 e. The first-order valence-electron chi connectivity index (χ1n) is 47.9. The van der Waals surface area contributed by atoms with E-state index in [2.05, 4.69) is 19.2 Å². The Balaban J connectivity index is 1.28. The van der Waals surface area contributed by atoms with E-state index >= 15 is 0 Å². The largest absolute Gasteiger partial charge is 0.394 e. The zero-order chi connectivity index (χ0) is 81.0. The summed E-state index contributed by atoms with van der Waals surface area (Å²) in [4.78, 5) is 13.5. The van der Waals surface area contributed by atoms with Gasteiger partial charge in [0.2, 0.25) is 5.91 Å². The van der Waals surface area contributed by atoms with Gasteiger partial charge in [0.1, 0.15) is 73.2 Å². The van der Waals surface area contributed by atoms with Crippen molar-refractivity contribution in [2.45, 2.75) is 548 Å². The van der Waals surface area contributed by atoms with E-state index in [9.17, 15) is 61.0 Å². The van der Waals surface area contributed by atoms with Crippen LogP contribution in [0.5, 0.6) is 0 Å². The number of carbonyl (C=O) groups excluding carboxylic acids is 1. The number of hydrogen-bond donors (Lipinski definition) is 12. The Labute approximate surface area is 684 Å². The van der Waals surface area contributed by atoms with Crippen LogP contribution < -0.4 is 5.32 Å². The van der Waals surface area contributed by atoms with Crippen LogP contribution in [-0.2, 0) is 33.2 Å². The van der Waals surface area contributed by atoms with Crippen molar-refractivity contribution in [3.63, 3.8) is 0 Å². The molecule has 0 aromatic heterocycles. The van der Waals surface area contributed by atoms with E-state index in [-0.39, 0.29) is 18.9 Å². The summed E-state index contributed by atoms with van der Waals surface area (Å²) in [6.07, 6.45) is 65.4. The standard InChI is InChI=1S/C93H179NO18/c1-3-5-7-9-11-13-15-17-19-21-23-25-27-29-31-32-33-34-35-36-37-38-39-40-41-42-43-45-47-49-51-53-55-57-59-61-63-65-67-69-71-81(99)94-76(77(98)70-68-66-64-62-60-58-56-54-52-50-48-46-44-30-28-26-24-22-20-18-16-14-12-10-8-6-4-2)75-107-91-87(105)84(102)89(79(73-96)109-91)112-93-88(106)85(103)90(80(74-97)110-93)111-92-86(104)83(101)82(100)78(72-95)108-92/h68,70,76-80,82-93,95-98,100-106H,3-67,69,71-75H2,1-2H3,(H,94,99)/b70-68+. The summed E-state index contributed by atoms with van der Waals surface area (Å²) in [5.41, 5.74) is 0. The van der Waals surface area contributed by atoms with E-state index in [4.69, 9.17) is 28.4 Å². The number of hydrogen-bond acceptors (Lipinski definition) is 18. The van der Waals surface area contributed by atoms with Crippen LogP contribution in [-0.4, -0.2) is 193 Å². The average molecular weight is 1600 g/mol. The molecule has 0 aliphatic carbocycles. The normalized spacial score (nSPS) is 24.9. The zero-order valence-corrected chi connectivity index (χ0v) is 72.0. The molecule has 0 spiro atoms. The van der Waals surface area contributed by atoms with Gasteiger partial charge in [0.25, 0.3) is 0 Å². The number of amides is 1. The maximum atomic E-state index is 13.5. The quantitative estimate of drug-likeness (QED) is 0.0199. The van der Waals surface area contributed by atoms with E-state index in [1.807, 2.05) is 6.08 Å². The average Bonchev–Trinajstić information content (AvgIpc) is 0.781. The van der Waals surface area contributed by atoms with Crippen LogP contribution in [0.3, 0.4) is 0 Å². The molecule has 664 valence electrons. The predicted octanol–water partition coefficient (Wildman–Crippen LogP) is 19.0. The minimum Gasteiger partial charge on any atom is -0.394 e. The topological polar surface area (TPSA) is 307 Å². The lowest BCUT2D eigenvalue weighted by Crippen LogP contribution is -2.66. The Morgan fingerprint density at radius 3 is 0.839 bits per heavy atom. The van der Waals surface area contributed by atoms with Gasteiger partial charge < -0.3 is 89.9 Å². The fourth-order valence-corrected chi connectivity index (χ4v) is 16.7. The maximum Gasteiger partial charge on any atom is 0.220 e.